The van der Waals surface area contributed by atoms with Gasteiger partial charge in [-0.3, -0.25) is 0 Å². The second kappa shape index (κ2) is 6.72. The Labute approximate surface area is 129 Å². The molecule has 0 saturated heterocycles. The second-order valence-electron chi connectivity index (χ2n) is 7.16. The van der Waals surface area contributed by atoms with Gasteiger partial charge in [-0.2, -0.15) is 0 Å². The topological polar surface area (TPSA) is 15.3 Å². The molecule has 2 aliphatic rings. The van der Waals surface area contributed by atoms with Gasteiger partial charge in [0.1, 0.15) is 0 Å². The highest BCUT2D eigenvalue weighted by molar-refractivity contribution is 5.75. The number of benzene rings is 1. The monoisotopic (exact) mass is 286 g/mol. The van der Waals surface area contributed by atoms with Crippen LogP contribution in [0.3, 0.4) is 0 Å². The van der Waals surface area contributed by atoms with Crippen molar-refractivity contribution in [2.45, 2.75) is 64.8 Å². The summed E-state index contributed by atoms with van der Waals surface area (Å²) >= 11 is 0. The van der Waals surface area contributed by atoms with Crippen molar-refractivity contribution in [1.82, 2.24) is 0 Å². The first-order chi connectivity index (χ1) is 10.3. The number of hydrogen-bond donors (Lipinski definition) is 1. The normalized spacial score (nSPS) is 18.6. The first-order valence-electron chi connectivity index (χ1n) is 8.88. The van der Waals surface area contributed by atoms with Crippen molar-refractivity contribution in [2.75, 3.05) is 23.3 Å². The lowest BCUT2D eigenvalue weighted by atomic mass is 10.00. The van der Waals surface area contributed by atoms with Crippen LogP contribution >= 0.6 is 0 Å². The minimum atomic E-state index is 0.763. The lowest BCUT2D eigenvalue weighted by Gasteiger charge is -2.35. The molecule has 0 spiro atoms. The third-order valence-corrected chi connectivity index (χ3v) is 5.08. The third-order valence-electron chi connectivity index (χ3n) is 5.08. The van der Waals surface area contributed by atoms with Crippen molar-refractivity contribution in [1.29, 1.82) is 0 Å². The Hall–Kier alpha value is -1.18. The zero-order valence-electron chi connectivity index (χ0n) is 13.7. The number of fused-ring (bicyclic) bond motifs is 1. The number of para-hydroxylation sites is 1. The zero-order chi connectivity index (χ0) is 14.7. The molecule has 1 heterocycles. The van der Waals surface area contributed by atoms with Gasteiger partial charge < -0.3 is 10.2 Å². The van der Waals surface area contributed by atoms with Crippen LogP contribution in [0.4, 0.5) is 11.4 Å². The van der Waals surface area contributed by atoms with Gasteiger partial charge in [0.15, 0.2) is 0 Å². The summed E-state index contributed by atoms with van der Waals surface area (Å²) in [6.07, 6.45) is 9.37. The van der Waals surface area contributed by atoms with Crippen LogP contribution in [0.15, 0.2) is 18.2 Å². The van der Waals surface area contributed by atoms with Gasteiger partial charge in [-0.1, -0.05) is 38.8 Å². The van der Waals surface area contributed by atoms with Crippen LogP contribution in [0.5, 0.6) is 0 Å². The SMILES string of the molecule is CC(C)CCN(c1cccc2c1NCCC2)C1CCCC1. The minimum absolute atomic E-state index is 0.763. The Bertz CT molecular complexity index is 461. The first kappa shape index (κ1) is 14.7. The molecule has 0 amide bonds. The molecular weight excluding hydrogens is 256 g/mol. The summed E-state index contributed by atoms with van der Waals surface area (Å²) in [5.74, 6) is 0.779. The van der Waals surface area contributed by atoms with Crippen LogP contribution < -0.4 is 10.2 Å². The molecule has 1 aliphatic carbocycles. The van der Waals surface area contributed by atoms with Crippen molar-refractivity contribution in [3.8, 4) is 0 Å². The maximum Gasteiger partial charge on any atom is 0.0610 e. The minimum Gasteiger partial charge on any atom is -0.383 e. The van der Waals surface area contributed by atoms with Crippen LogP contribution in [-0.4, -0.2) is 19.1 Å². The summed E-state index contributed by atoms with van der Waals surface area (Å²) < 4.78 is 0. The fraction of sp³-hybridized carbons (Fsp3) is 0.684. The van der Waals surface area contributed by atoms with Crippen molar-refractivity contribution < 1.29 is 0 Å². The van der Waals surface area contributed by atoms with Crippen molar-refractivity contribution in [3.63, 3.8) is 0 Å². The van der Waals surface area contributed by atoms with Crippen molar-refractivity contribution in [3.05, 3.63) is 23.8 Å². The van der Waals surface area contributed by atoms with Gasteiger partial charge in [0.25, 0.3) is 0 Å². The molecule has 1 saturated carbocycles. The van der Waals surface area contributed by atoms with Gasteiger partial charge in [0, 0.05) is 19.1 Å². The van der Waals surface area contributed by atoms with Crippen molar-refractivity contribution in [2.24, 2.45) is 5.92 Å². The summed E-state index contributed by atoms with van der Waals surface area (Å²) in [5, 5.41) is 3.68. The Morgan fingerprint density at radius 2 is 2.00 bits per heavy atom. The highest BCUT2D eigenvalue weighted by atomic mass is 15.2. The van der Waals surface area contributed by atoms with E-state index < -0.39 is 0 Å². The van der Waals surface area contributed by atoms with E-state index in [1.165, 1.54) is 68.4 Å². The summed E-state index contributed by atoms with van der Waals surface area (Å²) in [7, 11) is 0. The van der Waals surface area contributed by atoms with Crippen LogP contribution in [0.1, 0.15) is 57.9 Å². The van der Waals surface area contributed by atoms with Crippen molar-refractivity contribution >= 4 is 11.4 Å². The molecular formula is C19H30N2. The van der Waals surface area contributed by atoms with Crippen LogP contribution in [-0.2, 0) is 6.42 Å². The van der Waals surface area contributed by atoms with Crippen LogP contribution in [0.2, 0.25) is 0 Å². The molecule has 3 rings (SSSR count). The van der Waals surface area contributed by atoms with E-state index in [1.54, 1.807) is 0 Å². The Morgan fingerprint density at radius 1 is 1.19 bits per heavy atom. The first-order valence-corrected chi connectivity index (χ1v) is 8.88. The molecule has 1 aliphatic heterocycles. The number of aryl methyl sites for hydroxylation is 1. The molecule has 0 aromatic heterocycles. The summed E-state index contributed by atoms with van der Waals surface area (Å²) in [4.78, 5) is 2.73. The highest BCUT2D eigenvalue weighted by Gasteiger charge is 2.26. The van der Waals surface area contributed by atoms with Gasteiger partial charge in [-0.05, 0) is 49.7 Å². The number of nitrogens with zero attached hydrogens (tertiary/aromatic N) is 1. The smallest absolute Gasteiger partial charge is 0.0610 e. The van der Waals surface area contributed by atoms with E-state index in [0.29, 0.717) is 0 Å². The molecule has 0 bridgehead atoms. The average molecular weight is 286 g/mol. The Morgan fingerprint density at radius 3 is 2.76 bits per heavy atom. The quantitative estimate of drug-likeness (QED) is 0.833. The van der Waals surface area contributed by atoms with Crippen LogP contribution in [0.25, 0.3) is 0 Å². The van der Waals surface area contributed by atoms with Crippen LogP contribution in [0, 0.1) is 5.92 Å². The predicted molar refractivity (Wildman–Crippen MR) is 92.3 cm³/mol. The number of rotatable bonds is 5. The maximum absolute atomic E-state index is 3.68. The largest absolute Gasteiger partial charge is 0.383 e. The molecule has 1 aromatic carbocycles. The van der Waals surface area contributed by atoms with Gasteiger partial charge >= 0.3 is 0 Å². The molecule has 0 atom stereocenters. The number of nitrogens with one attached hydrogen (secondary N) is 1. The lowest BCUT2D eigenvalue weighted by molar-refractivity contribution is 0.528. The molecule has 21 heavy (non-hydrogen) atoms. The van der Waals surface area contributed by atoms with Gasteiger partial charge in [0.2, 0.25) is 0 Å². The lowest BCUT2D eigenvalue weighted by Crippen LogP contribution is -2.35. The average Bonchev–Trinajstić information content (AvgIpc) is 3.01. The maximum atomic E-state index is 3.68. The third kappa shape index (κ3) is 3.36. The molecule has 1 N–H and O–H groups in total. The summed E-state index contributed by atoms with van der Waals surface area (Å²) in [6.45, 7) is 7.02. The fourth-order valence-corrected chi connectivity index (χ4v) is 3.84. The Balaban J connectivity index is 1.87. The molecule has 2 nitrogen and oxygen atoms in total. The van der Waals surface area contributed by atoms with E-state index in [1.807, 2.05) is 0 Å². The van der Waals surface area contributed by atoms with Gasteiger partial charge in [0.05, 0.1) is 11.4 Å². The van der Waals surface area contributed by atoms with E-state index in [0.717, 1.165) is 18.5 Å². The summed E-state index contributed by atoms with van der Waals surface area (Å²) in [5.41, 5.74) is 4.42. The zero-order valence-corrected chi connectivity index (χ0v) is 13.7. The van der Waals surface area contributed by atoms with E-state index in [-0.39, 0.29) is 0 Å². The van der Waals surface area contributed by atoms with Gasteiger partial charge in [-0.25, -0.2) is 0 Å². The van der Waals surface area contributed by atoms with E-state index in [2.05, 4.69) is 42.3 Å². The Kier molecular flexibility index (Phi) is 4.72. The highest BCUT2D eigenvalue weighted by Crippen LogP contribution is 2.37. The molecule has 1 fully saturated rings. The second-order valence-corrected chi connectivity index (χ2v) is 7.16. The predicted octanol–water partition coefficient (Wildman–Crippen LogP) is 4.84. The molecule has 1 aromatic rings. The van der Waals surface area contributed by atoms with E-state index in [9.17, 15) is 0 Å². The number of anilines is 2. The standard InChI is InChI=1S/C19H30N2/c1-15(2)12-14-21(17-9-3-4-10-17)18-11-5-7-16-8-6-13-20-19(16)18/h5,7,11,15,17,20H,3-4,6,8-10,12-14H2,1-2H3. The fourth-order valence-electron chi connectivity index (χ4n) is 3.84. The molecule has 2 heteroatoms. The van der Waals surface area contributed by atoms with E-state index in [4.69, 9.17) is 0 Å². The van der Waals surface area contributed by atoms with Gasteiger partial charge in [-0.15, -0.1) is 0 Å². The molecule has 0 unspecified atom stereocenters. The molecule has 0 radical (unpaired) electrons. The molecule has 116 valence electrons. The summed E-state index contributed by atoms with van der Waals surface area (Å²) in [6, 6.07) is 7.67. The number of hydrogen-bond acceptors (Lipinski definition) is 2. The van der Waals surface area contributed by atoms with E-state index >= 15 is 0 Å².